The average molecular weight is 446 g/mol. The highest BCUT2D eigenvalue weighted by atomic mass is 16.6. The van der Waals surface area contributed by atoms with Gasteiger partial charge in [0.1, 0.15) is 11.6 Å². The molecule has 8 heteroatoms. The van der Waals surface area contributed by atoms with Crippen molar-refractivity contribution in [1.29, 1.82) is 0 Å². The van der Waals surface area contributed by atoms with Crippen LogP contribution < -0.4 is 4.90 Å². The first-order valence-corrected chi connectivity index (χ1v) is 11.0. The van der Waals surface area contributed by atoms with E-state index in [0.717, 1.165) is 29.3 Å². The van der Waals surface area contributed by atoms with Gasteiger partial charge in [0.2, 0.25) is 0 Å². The summed E-state index contributed by atoms with van der Waals surface area (Å²) >= 11 is 0. The molecule has 0 N–H and O–H groups in total. The highest BCUT2D eigenvalue weighted by Crippen LogP contribution is 2.26. The van der Waals surface area contributed by atoms with E-state index >= 15 is 0 Å². The maximum absolute atomic E-state index is 12.9. The number of nitro groups is 1. The summed E-state index contributed by atoms with van der Waals surface area (Å²) in [5.41, 5.74) is 4.97. The Hall–Kier alpha value is -3.81. The molecule has 1 amide bonds. The van der Waals surface area contributed by atoms with Crippen LogP contribution in [0.3, 0.4) is 0 Å². The molecule has 1 aromatic heterocycles. The van der Waals surface area contributed by atoms with Crippen molar-refractivity contribution in [1.82, 2.24) is 14.9 Å². The molecule has 4 rings (SSSR count). The van der Waals surface area contributed by atoms with E-state index < -0.39 is 4.92 Å². The molecule has 1 aliphatic heterocycles. The van der Waals surface area contributed by atoms with E-state index in [9.17, 15) is 14.9 Å². The number of carbonyl (C=O) groups excluding carboxylic acids is 1. The van der Waals surface area contributed by atoms with Crippen molar-refractivity contribution in [3.63, 3.8) is 0 Å². The molecular weight excluding hydrogens is 418 g/mol. The Balaban J connectivity index is 1.50. The number of piperazine rings is 1. The Morgan fingerprint density at radius 2 is 1.70 bits per heavy atom. The fourth-order valence-electron chi connectivity index (χ4n) is 4.24. The number of non-ortho nitro benzene ring substituents is 1. The smallest absolute Gasteiger partial charge is 0.269 e. The van der Waals surface area contributed by atoms with Crippen molar-refractivity contribution >= 4 is 17.4 Å². The molecule has 0 aliphatic carbocycles. The molecule has 0 atom stereocenters. The zero-order chi connectivity index (χ0) is 23.5. The molecule has 0 spiro atoms. The fraction of sp³-hybridized carbons (Fsp3) is 0.320. The Bertz CT molecular complexity index is 1190. The van der Waals surface area contributed by atoms with E-state index in [4.69, 9.17) is 4.98 Å². The molecule has 33 heavy (non-hydrogen) atoms. The molecule has 0 radical (unpaired) electrons. The number of aromatic nitrogens is 2. The van der Waals surface area contributed by atoms with E-state index in [0.29, 0.717) is 31.7 Å². The SMILES string of the molecule is Cc1cccc(Cc2c(C)nc(C)nc2N2CCN(C(=O)c3ccc([N+](=O)[O-])cc3)CC2)c1. The summed E-state index contributed by atoms with van der Waals surface area (Å²) in [5.74, 6) is 1.56. The van der Waals surface area contributed by atoms with Gasteiger partial charge in [0.05, 0.1) is 4.92 Å². The Kier molecular flexibility index (Phi) is 6.35. The standard InChI is InChI=1S/C25H27N5O3/c1-17-5-4-6-20(15-17)16-23-18(2)26-19(3)27-24(23)28-11-13-29(14-12-28)25(31)21-7-9-22(10-8-21)30(32)33/h4-10,15H,11-14,16H2,1-3H3. The van der Waals surface area contributed by atoms with Gasteiger partial charge in [0.15, 0.2) is 0 Å². The monoisotopic (exact) mass is 445 g/mol. The van der Waals surface area contributed by atoms with Crippen LogP contribution in [0.15, 0.2) is 48.5 Å². The molecule has 170 valence electrons. The molecule has 0 unspecified atom stereocenters. The molecule has 3 aromatic rings. The summed E-state index contributed by atoms with van der Waals surface area (Å²) in [4.78, 5) is 36.7. The van der Waals surface area contributed by atoms with Crippen LogP contribution in [0.25, 0.3) is 0 Å². The molecule has 1 fully saturated rings. The van der Waals surface area contributed by atoms with Gasteiger partial charge >= 0.3 is 0 Å². The first-order chi connectivity index (χ1) is 15.8. The lowest BCUT2D eigenvalue weighted by Gasteiger charge is -2.36. The van der Waals surface area contributed by atoms with Gasteiger partial charge in [-0.1, -0.05) is 29.8 Å². The van der Waals surface area contributed by atoms with E-state index in [-0.39, 0.29) is 11.6 Å². The van der Waals surface area contributed by atoms with Crippen molar-refractivity contribution in [3.05, 3.63) is 92.4 Å². The number of nitro benzene ring substituents is 1. The quantitative estimate of drug-likeness (QED) is 0.437. The maximum Gasteiger partial charge on any atom is 0.269 e. The van der Waals surface area contributed by atoms with Crippen molar-refractivity contribution < 1.29 is 9.72 Å². The van der Waals surface area contributed by atoms with Gasteiger partial charge in [0.25, 0.3) is 11.6 Å². The minimum absolute atomic E-state index is 0.0213. The van der Waals surface area contributed by atoms with E-state index in [2.05, 4.69) is 41.1 Å². The highest BCUT2D eigenvalue weighted by Gasteiger charge is 2.25. The van der Waals surface area contributed by atoms with Crippen LogP contribution in [-0.2, 0) is 6.42 Å². The average Bonchev–Trinajstić information content (AvgIpc) is 2.80. The van der Waals surface area contributed by atoms with Crippen LogP contribution in [0, 0.1) is 30.9 Å². The third-order valence-corrected chi connectivity index (χ3v) is 5.96. The summed E-state index contributed by atoms with van der Waals surface area (Å²) < 4.78 is 0. The summed E-state index contributed by atoms with van der Waals surface area (Å²) in [6.45, 7) is 8.46. The van der Waals surface area contributed by atoms with E-state index in [1.54, 1.807) is 4.90 Å². The molecule has 1 saturated heterocycles. The van der Waals surface area contributed by atoms with Gasteiger partial charge in [-0.15, -0.1) is 0 Å². The predicted octanol–water partition coefficient (Wildman–Crippen LogP) is 3.86. The lowest BCUT2D eigenvalue weighted by Crippen LogP contribution is -2.49. The number of anilines is 1. The zero-order valence-corrected chi connectivity index (χ0v) is 19.1. The lowest BCUT2D eigenvalue weighted by atomic mass is 10.0. The second-order valence-corrected chi connectivity index (χ2v) is 8.41. The molecular formula is C25H27N5O3. The Morgan fingerprint density at radius 3 is 2.33 bits per heavy atom. The number of hydrogen-bond acceptors (Lipinski definition) is 6. The Labute approximate surface area is 193 Å². The zero-order valence-electron chi connectivity index (χ0n) is 19.1. The molecule has 2 aromatic carbocycles. The van der Waals surface area contributed by atoms with Crippen molar-refractivity contribution in [2.45, 2.75) is 27.2 Å². The van der Waals surface area contributed by atoms with Crippen LogP contribution in [0.4, 0.5) is 11.5 Å². The van der Waals surface area contributed by atoms with Crippen LogP contribution in [0.2, 0.25) is 0 Å². The van der Waals surface area contributed by atoms with Crippen LogP contribution in [0.5, 0.6) is 0 Å². The lowest BCUT2D eigenvalue weighted by molar-refractivity contribution is -0.384. The van der Waals surface area contributed by atoms with Crippen LogP contribution >= 0.6 is 0 Å². The number of aryl methyl sites for hydroxylation is 3. The minimum Gasteiger partial charge on any atom is -0.353 e. The van der Waals surface area contributed by atoms with Gasteiger partial charge in [-0.25, -0.2) is 9.97 Å². The summed E-state index contributed by atoms with van der Waals surface area (Å²) in [5, 5.41) is 10.9. The first-order valence-electron chi connectivity index (χ1n) is 11.0. The molecule has 1 aliphatic rings. The number of carbonyl (C=O) groups is 1. The van der Waals surface area contributed by atoms with E-state index in [1.807, 2.05) is 13.8 Å². The number of amides is 1. The third kappa shape index (κ3) is 5.00. The molecule has 8 nitrogen and oxygen atoms in total. The third-order valence-electron chi connectivity index (χ3n) is 5.96. The highest BCUT2D eigenvalue weighted by molar-refractivity contribution is 5.94. The molecule has 2 heterocycles. The number of rotatable bonds is 5. The Morgan fingerprint density at radius 1 is 1.00 bits per heavy atom. The normalized spacial score (nSPS) is 13.8. The largest absolute Gasteiger partial charge is 0.353 e. The van der Waals surface area contributed by atoms with Gasteiger partial charge in [-0.2, -0.15) is 0 Å². The second kappa shape index (κ2) is 9.36. The summed E-state index contributed by atoms with van der Waals surface area (Å²) in [7, 11) is 0. The van der Waals surface area contributed by atoms with Crippen molar-refractivity contribution in [2.24, 2.45) is 0 Å². The number of nitrogens with zero attached hydrogens (tertiary/aromatic N) is 5. The summed E-state index contributed by atoms with van der Waals surface area (Å²) in [6, 6.07) is 14.2. The van der Waals surface area contributed by atoms with Gasteiger partial charge in [-0.3, -0.25) is 14.9 Å². The van der Waals surface area contributed by atoms with E-state index in [1.165, 1.54) is 35.4 Å². The first kappa shape index (κ1) is 22.4. The van der Waals surface area contributed by atoms with Gasteiger partial charge in [-0.05, 0) is 38.5 Å². The topological polar surface area (TPSA) is 92.5 Å². The number of benzene rings is 2. The van der Waals surface area contributed by atoms with Gasteiger partial charge in [0, 0.05) is 61.6 Å². The molecule has 0 saturated carbocycles. The molecule has 0 bridgehead atoms. The summed E-state index contributed by atoms with van der Waals surface area (Å²) in [6.07, 6.45) is 0.755. The predicted molar refractivity (Wildman–Crippen MR) is 127 cm³/mol. The fourth-order valence-corrected chi connectivity index (χ4v) is 4.24. The minimum atomic E-state index is -0.465. The van der Waals surface area contributed by atoms with Crippen molar-refractivity contribution in [2.75, 3.05) is 31.1 Å². The maximum atomic E-state index is 12.9. The van der Waals surface area contributed by atoms with Crippen LogP contribution in [0.1, 0.15) is 38.6 Å². The van der Waals surface area contributed by atoms with Crippen molar-refractivity contribution in [3.8, 4) is 0 Å². The number of hydrogen-bond donors (Lipinski definition) is 0. The van der Waals surface area contributed by atoms with Gasteiger partial charge < -0.3 is 9.80 Å². The van der Waals surface area contributed by atoms with Crippen LogP contribution in [-0.4, -0.2) is 51.9 Å². The second-order valence-electron chi connectivity index (χ2n) is 8.41.